The maximum Gasteiger partial charge on any atom is 0.269 e. The van der Waals surface area contributed by atoms with Crippen molar-refractivity contribution in [2.45, 2.75) is 13.3 Å². The zero-order chi connectivity index (χ0) is 20.2. The van der Waals surface area contributed by atoms with E-state index in [2.05, 4.69) is 21.0 Å². The number of carbonyl (C=O) groups excluding carboxylic acids is 2. The van der Waals surface area contributed by atoms with Gasteiger partial charge in [-0.05, 0) is 60.0 Å². The van der Waals surface area contributed by atoms with Crippen molar-refractivity contribution in [2.24, 2.45) is 0 Å². The summed E-state index contributed by atoms with van der Waals surface area (Å²) in [6.45, 7) is 2.51. The first-order valence-electron chi connectivity index (χ1n) is 9.40. The number of hydrogen-bond donors (Lipinski definition) is 3. The fourth-order valence-corrected chi connectivity index (χ4v) is 3.93. The monoisotopic (exact) mass is 403 g/mol. The summed E-state index contributed by atoms with van der Waals surface area (Å²) in [6, 6.07) is 16.9. The van der Waals surface area contributed by atoms with Gasteiger partial charge in [-0.25, -0.2) is 0 Å². The molecule has 4 rings (SSSR count). The Hall–Kier alpha value is -3.38. The molecule has 29 heavy (non-hydrogen) atoms. The molecule has 6 heteroatoms. The molecule has 0 bridgehead atoms. The molecule has 2 aromatic heterocycles. The number of aromatic nitrogens is 1. The Morgan fingerprint density at radius 1 is 1.03 bits per heavy atom. The van der Waals surface area contributed by atoms with E-state index in [1.54, 1.807) is 23.5 Å². The Kier molecular flexibility index (Phi) is 5.44. The first-order valence-corrected chi connectivity index (χ1v) is 10.3. The van der Waals surface area contributed by atoms with E-state index in [0.29, 0.717) is 23.5 Å². The van der Waals surface area contributed by atoms with E-state index in [9.17, 15) is 9.59 Å². The van der Waals surface area contributed by atoms with Crippen LogP contribution in [-0.4, -0.2) is 23.3 Å². The third kappa shape index (κ3) is 4.22. The summed E-state index contributed by atoms with van der Waals surface area (Å²) in [6.07, 6.45) is 0.764. The minimum absolute atomic E-state index is 0.238. The van der Waals surface area contributed by atoms with Gasteiger partial charge >= 0.3 is 0 Å². The molecule has 146 valence electrons. The van der Waals surface area contributed by atoms with Gasteiger partial charge in [0.15, 0.2) is 0 Å². The number of aromatic amines is 1. The number of amides is 2. The van der Waals surface area contributed by atoms with Gasteiger partial charge in [-0.2, -0.15) is 11.3 Å². The number of rotatable bonds is 6. The number of aryl methyl sites for hydroxylation is 1. The quantitative estimate of drug-likeness (QED) is 0.434. The predicted octanol–water partition coefficient (Wildman–Crippen LogP) is 4.76. The van der Waals surface area contributed by atoms with Crippen molar-refractivity contribution >= 4 is 39.7 Å². The van der Waals surface area contributed by atoms with Gasteiger partial charge in [-0.3, -0.25) is 9.59 Å². The molecule has 2 amide bonds. The highest BCUT2D eigenvalue weighted by molar-refractivity contribution is 7.07. The minimum Gasteiger partial charge on any atom is -0.350 e. The fraction of sp³-hybridized carbons (Fsp3) is 0.130. The second kappa shape index (κ2) is 8.32. The van der Waals surface area contributed by atoms with Crippen molar-refractivity contribution in [1.82, 2.24) is 10.3 Å². The van der Waals surface area contributed by atoms with Gasteiger partial charge in [0.1, 0.15) is 5.69 Å². The Labute approximate surface area is 172 Å². The summed E-state index contributed by atoms with van der Waals surface area (Å²) < 4.78 is 0. The van der Waals surface area contributed by atoms with E-state index >= 15 is 0 Å². The SMILES string of the molecule is Cc1ccc2[nH]c(C(=O)NCCc3ccsc3)c(NC(=O)c3ccccc3)c2c1. The second-order valence-electron chi connectivity index (χ2n) is 6.88. The maximum absolute atomic E-state index is 12.9. The second-order valence-corrected chi connectivity index (χ2v) is 7.66. The zero-order valence-electron chi connectivity index (χ0n) is 16.0. The molecule has 0 unspecified atom stereocenters. The predicted molar refractivity (Wildman–Crippen MR) is 118 cm³/mol. The molecule has 0 saturated carbocycles. The number of H-pyrrole nitrogens is 1. The number of hydrogen-bond acceptors (Lipinski definition) is 3. The lowest BCUT2D eigenvalue weighted by Gasteiger charge is -2.09. The topological polar surface area (TPSA) is 74.0 Å². The van der Waals surface area contributed by atoms with Crippen LogP contribution in [0.1, 0.15) is 32.0 Å². The van der Waals surface area contributed by atoms with Crippen LogP contribution in [0, 0.1) is 6.92 Å². The zero-order valence-corrected chi connectivity index (χ0v) is 16.8. The lowest BCUT2D eigenvalue weighted by Crippen LogP contribution is -2.27. The van der Waals surface area contributed by atoms with Crippen LogP contribution in [0.2, 0.25) is 0 Å². The molecule has 3 N–H and O–H groups in total. The van der Waals surface area contributed by atoms with E-state index in [1.165, 1.54) is 5.56 Å². The molecule has 5 nitrogen and oxygen atoms in total. The number of carbonyl (C=O) groups is 2. The summed E-state index contributed by atoms with van der Waals surface area (Å²) in [5, 5.41) is 10.8. The van der Waals surface area contributed by atoms with Gasteiger partial charge in [0.25, 0.3) is 11.8 Å². The number of thiophene rings is 1. The van der Waals surface area contributed by atoms with Crippen molar-refractivity contribution in [3.8, 4) is 0 Å². The highest BCUT2D eigenvalue weighted by Gasteiger charge is 2.20. The molecule has 4 aromatic rings. The number of benzene rings is 2. The summed E-state index contributed by atoms with van der Waals surface area (Å²) in [5.74, 6) is -0.488. The standard InChI is InChI=1S/C23H21N3O2S/c1-15-7-8-19-18(13-15)20(26-22(27)17-5-3-2-4-6-17)21(25-19)23(28)24-11-9-16-10-12-29-14-16/h2-8,10,12-14,25H,9,11H2,1H3,(H,24,28)(H,26,27). The molecule has 0 aliphatic carbocycles. The normalized spacial score (nSPS) is 10.8. The van der Waals surface area contributed by atoms with Crippen molar-refractivity contribution < 1.29 is 9.59 Å². The van der Waals surface area contributed by atoms with Crippen LogP contribution in [0.4, 0.5) is 5.69 Å². The molecular weight excluding hydrogens is 382 g/mol. The van der Waals surface area contributed by atoms with E-state index in [1.807, 2.05) is 54.8 Å². The molecule has 0 atom stereocenters. The largest absolute Gasteiger partial charge is 0.350 e. The molecule has 0 radical (unpaired) electrons. The van der Waals surface area contributed by atoms with Crippen LogP contribution in [0.15, 0.2) is 65.4 Å². The average Bonchev–Trinajstić information content (AvgIpc) is 3.37. The number of fused-ring (bicyclic) bond motifs is 1. The van der Waals surface area contributed by atoms with Crippen LogP contribution in [-0.2, 0) is 6.42 Å². The third-order valence-corrected chi connectivity index (χ3v) is 5.47. The summed E-state index contributed by atoms with van der Waals surface area (Å²) in [4.78, 5) is 28.8. The Morgan fingerprint density at radius 2 is 1.86 bits per heavy atom. The van der Waals surface area contributed by atoms with Crippen LogP contribution in [0.3, 0.4) is 0 Å². The summed E-state index contributed by atoms with van der Waals surface area (Å²) in [5.41, 5.74) is 4.46. The van der Waals surface area contributed by atoms with Gasteiger partial charge < -0.3 is 15.6 Å². The molecule has 2 heterocycles. The minimum atomic E-state index is -0.250. The molecule has 0 saturated heterocycles. The molecule has 0 aliphatic rings. The molecule has 2 aromatic carbocycles. The van der Waals surface area contributed by atoms with Gasteiger partial charge in [0.05, 0.1) is 5.69 Å². The number of anilines is 1. The van der Waals surface area contributed by atoms with E-state index < -0.39 is 0 Å². The van der Waals surface area contributed by atoms with Crippen molar-refractivity contribution in [2.75, 3.05) is 11.9 Å². The molecule has 0 fully saturated rings. The summed E-state index contributed by atoms with van der Waals surface area (Å²) >= 11 is 1.64. The molecule has 0 aliphatic heterocycles. The highest BCUT2D eigenvalue weighted by Crippen LogP contribution is 2.29. The lowest BCUT2D eigenvalue weighted by atomic mass is 10.1. The fourth-order valence-electron chi connectivity index (χ4n) is 3.22. The van der Waals surface area contributed by atoms with Gasteiger partial charge in [0.2, 0.25) is 0 Å². The van der Waals surface area contributed by atoms with Crippen molar-refractivity contribution in [3.63, 3.8) is 0 Å². The first kappa shape index (κ1) is 19.0. The third-order valence-electron chi connectivity index (χ3n) is 4.73. The van der Waals surface area contributed by atoms with E-state index in [4.69, 9.17) is 0 Å². The Balaban J connectivity index is 1.61. The smallest absolute Gasteiger partial charge is 0.269 e. The van der Waals surface area contributed by atoms with Crippen LogP contribution in [0.25, 0.3) is 10.9 Å². The molecule has 0 spiro atoms. The lowest BCUT2D eigenvalue weighted by molar-refractivity contribution is 0.0951. The maximum atomic E-state index is 12.9. The van der Waals surface area contributed by atoms with Gasteiger partial charge in [-0.15, -0.1) is 0 Å². The Morgan fingerprint density at radius 3 is 2.62 bits per heavy atom. The van der Waals surface area contributed by atoms with Crippen molar-refractivity contribution in [1.29, 1.82) is 0 Å². The highest BCUT2D eigenvalue weighted by atomic mass is 32.1. The van der Waals surface area contributed by atoms with E-state index in [0.717, 1.165) is 22.9 Å². The molecular formula is C23H21N3O2S. The van der Waals surface area contributed by atoms with Crippen LogP contribution in [0.5, 0.6) is 0 Å². The van der Waals surface area contributed by atoms with Crippen molar-refractivity contribution in [3.05, 3.63) is 87.7 Å². The summed E-state index contributed by atoms with van der Waals surface area (Å²) in [7, 11) is 0. The van der Waals surface area contributed by atoms with E-state index in [-0.39, 0.29) is 11.8 Å². The van der Waals surface area contributed by atoms with Crippen LogP contribution < -0.4 is 10.6 Å². The Bertz CT molecular complexity index is 1150. The number of nitrogens with one attached hydrogen (secondary N) is 3. The average molecular weight is 404 g/mol. The van der Waals surface area contributed by atoms with Gasteiger partial charge in [-0.1, -0.05) is 29.8 Å². The van der Waals surface area contributed by atoms with Crippen LogP contribution >= 0.6 is 11.3 Å². The van der Waals surface area contributed by atoms with Gasteiger partial charge in [0, 0.05) is 23.0 Å². The first-order chi connectivity index (χ1) is 14.1.